The van der Waals surface area contributed by atoms with Gasteiger partial charge in [-0.15, -0.1) is 0 Å². The van der Waals surface area contributed by atoms with Crippen molar-refractivity contribution >= 4 is 11.8 Å². The normalized spacial score (nSPS) is 13.1. The quantitative estimate of drug-likeness (QED) is 0.396. The number of hydroxylamine groups is 1. The third kappa shape index (κ3) is 9.62. The van der Waals surface area contributed by atoms with Crippen LogP contribution in [0.25, 0.3) is 0 Å². The number of nitrogens with one attached hydrogen (secondary N) is 1. The standard InChI is InChI=1S/C14H27NO4/c1-6-8-11(10-15-19-14(3,4)5)12(16)9-13(17)18-7-2/h11,15H,6-10H2,1-5H3/t11-/m0/s1. The zero-order valence-corrected chi connectivity index (χ0v) is 12.7. The molecular weight excluding hydrogens is 246 g/mol. The molecule has 112 valence electrons. The minimum absolute atomic E-state index is 0.0923. The van der Waals surface area contributed by atoms with E-state index < -0.39 is 5.97 Å². The van der Waals surface area contributed by atoms with E-state index in [0.717, 1.165) is 12.8 Å². The molecule has 0 saturated carbocycles. The summed E-state index contributed by atoms with van der Waals surface area (Å²) < 4.78 is 4.79. The lowest BCUT2D eigenvalue weighted by atomic mass is 9.97. The van der Waals surface area contributed by atoms with Gasteiger partial charge in [0.25, 0.3) is 0 Å². The summed E-state index contributed by atoms with van der Waals surface area (Å²) in [7, 11) is 0. The van der Waals surface area contributed by atoms with Gasteiger partial charge in [-0.3, -0.25) is 14.4 Å². The summed E-state index contributed by atoms with van der Waals surface area (Å²) in [6, 6.07) is 0. The van der Waals surface area contributed by atoms with Gasteiger partial charge in [0.05, 0.1) is 12.2 Å². The number of carbonyl (C=O) groups is 2. The molecule has 0 heterocycles. The SMILES string of the molecule is CCC[C@@H](CNOC(C)(C)C)C(=O)CC(=O)OCC. The minimum atomic E-state index is -0.453. The number of carbonyl (C=O) groups excluding carboxylic acids is 2. The lowest BCUT2D eigenvalue weighted by molar-refractivity contribution is -0.147. The second-order valence-corrected chi connectivity index (χ2v) is 5.50. The highest BCUT2D eigenvalue weighted by Crippen LogP contribution is 2.11. The van der Waals surface area contributed by atoms with Crippen LogP contribution in [0.3, 0.4) is 0 Å². The van der Waals surface area contributed by atoms with Crippen LogP contribution in [-0.4, -0.2) is 30.5 Å². The maximum atomic E-state index is 12.0. The third-order valence-corrected chi connectivity index (χ3v) is 2.42. The third-order valence-electron chi connectivity index (χ3n) is 2.42. The van der Waals surface area contributed by atoms with E-state index in [4.69, 9.17) is 9.57 Å². The Hall–Kier alpha value is -0.940. The average Bonchev–Trinajstić information content (AvgIpc) is 2.26. The maximum absolute atomic E-state index is 12.0. The Bertz CT molecular complexity index is 284. The van der Waals surface area contributed by atoms with E-state index in [0.29, 0.717) is 13.2 Å². The molecule has 0 aromatic carbocycles. The lowest BCUT2D eigenvalue weighted by Gasteiger charge is -2.22. The van der Waals surface area contributed by atoms with Gasteiger partial charge in [-0.1, -0.05) is 13.3 Å². The second-order valence-electron chi connectivity index (χ2n) is 5.50. The molecule has 0 radical (unpaired) electrons. The van der Waals surface area contributed by atoms with E-state index in [1.165, 1.54) is 0 Å². The van der Waals surface area contributed by atoms with Crippen LogP contribution in [0.15, 0.2) is 0 Å². The van der Waals surface area contributed by atoms with Gasteiger partial charge < -0.3 is 4.74 Å². The highest BCUT2D eigenvalue weighted by atomic mass is 16.7. The summed E-state index contributed by atoms with van der Waals surface area (Å²) in [4.78, 5) is 28.7. The Kier molecular flexibility index (Phi) is 8.59. The first-order valence-corrected chi connectivity index (χ1v) is 6.89. The summed E-state index contributed by atoms with van der Waals surface area (Å²) in [5.41, 5.74) is 2.52. The number of esters is 1. The number of ether oxygens (including phenoxy) is 1. The van der Waals surface area contributed by atoms with Crippen molar-refractivity contribution in [2.45, 2.75) is 59.5 Å². The van der Waals surface area contributed by atoms with E-state index in [-0.39, 0.29) is 23.7 Å². The number of ketones is 1. The Balaban J connectivity index is 4.22. The lowest BCUT2D eigenvalue weighted by Crippen LogP contribution is -2.35. The smallest absolute Gasteiger partial charge is 0.313 e. The van der Waals surface area contributed by atoms with Gasteiger partial charge >= 0.3 is 5.97 Å². The Morgan fingerprint density at radius 1 is 1.21 bits per heavy atom. The molecule has 0 spiro atoms. The van der Waals surface area contributed by atoms with Crippen molar-refractivity contribution in [3.63, 3.8) is 0 Å². The fourth-order valence-electron chi connectivity index (χ4n) is 1.58. The maximum Gasteiger partial charge on any atom is 0.313 e. The fraction of sp³-hybridized carbons (Fsp3) is 0.857. The van der Waals surface area contributed by atoms with E-state index in [9.17, 15) is 9.59 Å². The molecule has 0 aromatic rings. The van der Waals surface area contributed by atoms with E-state index in [2.05, 4.69) is 5.48 Å². The summed E-state index contributed by atoms with van der Waals surface area (Å²) in [6.07, 6.45) is 1.46. The van der Waals surface area contributed by atoms with Gasteiger partial charge in [-0.2, -0.15) is 0 Å². The van der Waals surface area contributed by atoms with Crippen LogP contribution in [0.2, 0.25) is 0 Å². The molecule has 1 atom stereocenters. The number of Topliss-reactive ketones (excluding diaryl/α,β-unsaturated/α-hetero) is 1. The first kappa shape index (κ1) is 18.1. The van der Waals surface area contributed by atoms with Crippen molar-refractivity contribution < 1.29 is 19.2 Å². The van der Waals surface area contributed by atoms with Gasteiger partial charge in [0.1, 0.15) is 12.2 Å². The van der Waals surface area contributed by atoms with Crippen molar-refractivity contribution in [1.29, 1.82) is 0 Å². The van der Waals surface area contributed by atoms with Gasteiger partial charge in [-0.25, -0.2) is 5.48 Å². The molecule has 5 heteroatoms. The van der Waals surface area contributed by atoms with Crippen LogP contribution in [0.5, 0.6) is 0 Å². The molecule has 0 aliphatic heterocycles. The van der Waals surface area contributed by atoms with Crippen molar-refractivity contribution in [3.8, 4) is 0 Å². The summed E-state index contributed by atoms with van der Waals surface area (Å²) in [5, 5.41) is 0. The van der Waals surface area contributed by atoms with E-state index in [1.807, 2.05) is 27.7 Å². The highest BCUT2D eigenvalue weighted by Gasteiger charge is 2.21. The molecule has 0 aliphatic rings. The molecule has 0 aromatic heterocycles. The van der Waals surface area contributed by atoms with Crippen LogP contribution in [0, 0.1) is 5.92 Å². The van der Waals surface area contributed by atoms with Crippen molar-refractivity contribution in [2.24, 2.45) is 5.92 Å². The predicted molar refractivity (Wildman–Crippen MR) is 73.5 cm³/mol. The van der Waals surface area contributed by atoms with Gasteiger partial charge in [0.15, 0.2) is 0 Å². The van der Waals surface area contributed by atoms with Crippen LogP contribution in [-0.2, 0) is 19.2 Å². The van der Waals surface area contributed by atoms with Crippen molar-refractivity contribution in [1.82, 2.24) is 5.48 Å². The van der Waals surface area contributed by atoms with Gasteiger partial charge in [0, 0.05) is 12.5 Å². The molecule has 0 unspecified atom stereocenters. The molecule has 19 heavy (non-hydrogen) atoms. The predicted octanol–water partition coefficient (Wildman–Crippen LogP) is 2.24. The topological polar surface area (TPSA) is 64.6 Å². The molecule has 0 aliphatic carbocycles. The molecule has 0 fully saturated rings. The Morgan fingerprint density at radius 3 is 2.32 bits per heavy atom. The number of hydrogen-bond acceptors (Lipinski definition) is 5. The van der Waals surface area contributed by atoms with Gasteiger partial charge in [-0.05, 0) is 34.1 Å². The molecule has 0 saturated heterocycles. The number of rotatable bonds is 9. The molecule has 1 N–H and O–H groups in total. The van der Waals surface area contributed by atoms with Crippen LogP contribution < -0.4 is 5.48 Å². The molecule has 0 rings (SSSR count). The molecule has 5 nitrogen and oxygen atoms in total. The van der Waals surface area contributed by atoms with Crippen LogP contribution >= 0.6 is 0 Å². The summed E-state index contributed by atoms with van der Waals surface area (Å²) >= 11 is 0. The highest BCUT2D eigenvalue weighted by molar-refractivity contribution is 5.96. The van der Waals surface area contributed by atoms with Crippen LogP contribution in [0.1, 0.15) is 53.9 Å². The van der Waals surface area contributed by atoms with Crippen LogP contribution in [0.4, 0.5) is 0 Å². The van der Waals surface area contributed by atoms with Crippen molar-refractivity contribution in [2.75, 3.05) is 13.2 Å². The zero-order chi connectivity index (χ0) is 14.9. The minimum Gasteiger partial charge on any atom is -0.466 e. The molecular formula is C14H27NO4. The first-order chi connectivity index (χ1) is 8.80. The fourth-order valence-corrected chi connectivity index (χ4v) is 1.58. The van der Waals surface area contributed by atoms with E-state index >= 15 is 0 Å². The monoisotopic (exact) mass is 273 g/mol. The Labute approximate surface area is 116 Å². The van der Waals surface area contributed by atoms with E-state index in [1.54, 1.807) is 6.92 Å². The molecule has 0 amide bonds. The largest absolute Gasteiger partial charge is 0.466 e. The zero-order valence-electron chi connectivity index (χ0n) is 12.7. The summed E-state index contributed by atoms with van der Waals surface area (Å²) in [6.45, 7) is 10.2. The average molecular weight is 273 g/mol. The molecule has 0 bridgehead atoms. The second kappa shape index (κ2) is 9.04. The Morgan fingerprint density at radius 2 is 1.84 bits per heavy atom. The van der Waals surface area contributed by atoms with Gasteiger partial charge in [0.2, 0.25) is 0 Å². The summed E-state index contributed by atoms with van der Waals surface area (Å²) in [5.74, 6) is -0.757. The first-order valence-electron chi connectivity index (χ1n) is 6.89. The van der Waals surface area contributed by atoms with Crippen molar-refractivity contribution in [3.05, 3.63) is 0 Å². The number of hydrogen-bond donors (Lipinski definition) is 1.